The Kier molecular flexibility index (Phi) is 6.88. The molecule has 2 aliphatic rings. The minimum Gasteiger partial charge on any atom is -0.484 e. The Bertz CT molecular complexity index is 1190. The van der Waals surface area contributed by atoms with Gasteiger partial charge >= 0.3 is 0 Å². The third kappa shape index (κ3) is 4.61. The normalized spacial score (nSPS) is 24.9. The lowest BCUT2D eigenvalue weighted by atomic mass is 9.75. The number of aliphatic hydroxyl groups is 1. The van der Waals surface area contributed by atoms with Crippen LogP contribution in [0.5, 0.6) is 5.75 Å². The number of fused-ring (bicyclic) bond motifs is 1. The quantitative estimate of drug-likeness (QED) is 0.514. The number of carbonyl (C=O) groups excluding carboxylic acids is 2. The third-order valence-corrected chi connectivity index (χ3v) is 8.48. The molecule has 2 aliphatic heterocycles. The number of nitrogens with one attached hydrogen (secondary N) is 2. The molecular weight excluding hydrogens is 466 g/mol. The molecule has 0 spiro atoms. The standard InChI is InChI=1S/C30H39N3O4/c1-8-30(9-2)18-25(34)33(20(4)32-30)19(3)21-13-12-14-22(17-21)27(35)31-26-23-15-10-11-16-24(23)37-28(5,6)29(26,7)36/h10-17,19,26,32,36H,4,8-9,18H2,1-3,5-7H3,(H,31,35)/t19-,26-,29+/m1/s1. The van der Waals surface area contributed by atoms with Crippen LogP contribution in [0.4, 0.5) is 0 Å². The first-order chi connectivity index (χ1) is 17.4. The van der Waals surface area contributed by atoms with Crippen LogP contribution in [-0.2, 0) is 4.79 Å². The Morgan fingerprint density at radius 2 is 1.86 bits per heavy atom. The van der Waals surface area contributed by atoms with Crippen LogP contribution in [0.1, 0.15) is 94.4 Å². The molecule has 4 rings (SSSR count). The van der Waals surface area contributed by atoms with Crippen molar-refractivity contribution in [2.75, 3.05) is 0 Å². The second kappa shape index (κ2) is 9.53. The number of benzene rings is 2. The zero-order chi connectivity index (χ0) is 27.2. The molecule has 0 saturated carbocycles. The van der Waals surface area contributed by atoms with E-state index in [4.69, 9.17) is 4.74 Å². The maximum atomic E-state index is 13.5. The molecule has 7 nitrogen and oxygen atoms in total. The average Bonchev–Trinajstić information content (AvgIpc) is 2.86. The van der Waals surface area contributed by atoms with Gasteiger partial charge in [0.1, 0.15) is 22.8 Å². The molecule has 0 bridgehead atoms. The van der Waals surface area contributed by atoms with Crippen molar-refractivity contribution in [2.24, 2.45) is 0 Å². The van der Waals surface area contributed by atoms with E-state index in [1.165, 1.54) is 0 Å². The van der Waals surface area contributed by atoms with Gasteiger partial charge in [-0.1, -0.05) is 50.8 Å². The Labute approximate surface area is 219 Å². The summed E-state index contributed by atoms with van der Waals surface area (Å²) in [6, 6.07) is 13.7. The van der Waals surface area contributed by atoms with E-state index in [9.17, 15) is 14.7 Å². The van der Waals surface area contributed by atoms with Crippen molar-refractivity contribution in [3.8, 4) is 5.75 Å². The molecule has 0 radical (unpaired) electrons. The largest absolute Gasteiger partial charge is 0.484 e. The van der Waals surface area contributed by atoms with Gasteiger partial charge in [-0.25, -0.2) is 0 Å². The number of para-hydroxylation sites is 1. The number of nitrogens with zero attached hydrogens (tertiary/aromatic N) is 1. The molecule has 0 unspecified atom stereocenters. The highest BCUT2D eigenvalue weighted by molar-refractivity contribution is 5.95. The monoisotopic (exact) mass is 505 g/mol. The summed E-state index contributed by atoms with van der Waals surface area (Å²) >= 11 is 0. The zero-order valence-corrected chi connectivity index (χ0v) is 22.7. The molecule has 1 saturated heterocycles. The van der Waals surface area contributed by atoms with E-state index in [2.05, 4.69) is 31.1 Å². The number of hydrogen-bond donors (Lipinski definition) is 3. The van der Waals surface area contributed by atoms with E-state index in [1.807, 2.05) is 57.2 Å². The van der Waals surface area contributed by atoms with Crippen molar-refractivity contribution in [1.82, 2.24) is 15.5 Å². The van der Waals surface area contributed by atoms with Crippen LogP contribution in [0, 0.1) is 0 Å². The van der Waals surface area contributed by atoms with Gasteiger partial charge in [-0.15, -0.1) is 0 Å². The first-order valence-electron chi connectivity index (χ1n) is 13.1. The van der Waals surface area contributed by atoms with Gasteiger partial charge in [0.05, 0.1) is 18.5 Å². The number of amides is 2. The van der Waals surface area contributed by atoms with Gasteiger partial charge < -0.3 is 20.5 Å². The van der Waals surface area contributed by atoms with Gasteiger partial charge in [0.2, 0.25) is 5.91 Å². The Morgan fingerprint density at radius 1 is 1.19 bits per heavy atom. The summed E-state index contributed by atoms with van der Waals surface area (Å²) in [5.74, 6) is 0.924. The summed E-state index contributed by atoms with van der Waals surface area (Å²) in [5.41, 5.74) is -0.566. The lowest BCUT2D eigenvalue weighted by molar-refractivity contribution is -0.137. The Morgan fingerprint density at radius 3 is 2.51 bits per heavy atom. The highest BCUT2D eigenvalue weighted by atomic mass is 16.5. The van der Waals surface area contributed by atoms with Gasteiger partial charge in [-0.2, -0.15) is 0 Å². The van der Waals surface area contributed by atoms with Gasteiger partial charge in [0, 0.05) is 16.7 Å². The first-order valence-corrected chi connectivity index (χ1v) is 13.1. The summed E-state index contributed by atoms with van der Waals surface area (Å²) in [6.45, 7) is 15.5. The van der Waals surface area contributed by atoms with Crippen LogP contribution in [0.25, 0.3) is 0 Å². The van der Waals surface area contributed by atoms with Crippen LogP contribution < -0.4 is 15.4 Å². The van der Waals surface area contributed by atoms with Gasteiger partial charge in [-0.3, -0.25) is 14.5 Å². The molecule has 7 heteroatoms. The highest BCUT2D eigenvalue weighted by Crippen LogP contribution is 2.46. The van der Waals surface area contributed by atoms with Crippen LogP contribution >= 0.6 is 0 Å². The molecule has 198 valence electrons. The summed E-state index contributed by atoms with van der Waals surface area (Å²) in [6.07, 6.45) is 2.07. The van der Waals surface area contributed by atoms with Crippen molar-refractivity contribution in [2.45, 2.75) is 89.6 Å². The highest BCUT2D eigenvalue weighted by Gasteiger charge is 2.53. The second-order valence-corrected chi connectivity index (χ2v) is 11.0. The molecule has 37 heavy (non-hydrogen) atoms. The van der Waals surface area contributed by atoms with Crippen molar-refractivity contribution < 1.29 is 19.4 Å². The fourth-order valence-corrected chi connectivity index (χ4v) is 5.42. The molecule has 1 fully saturated rings. The van der Waals surface area contributed by atoms with Gasteiger partial charge in [0.15, 0.2) is 0 Å². The van der Waals surface area contributed by atoms with E-state index < -0.39 is 17.2 Å². The van der Waals surface area contributed by atoms with E-state index in [-0.39, 0.29) is 23.4 Å². The number of ether oxygens (including phenoxy) is 1. The Balaban J connectivity index is 1.59. The van der Waals surface area contributed by atoms with Crippen LogP contribution in [0.3, 0.4) is 0 Å². The lowest BCUT2D eigenvalue weighted by Gasteiger charge is -2.49. The molecule has 3 atom stereocenters. The minimum atomic E-state index is -1.36. The lowest BCUT2D eigenvalue weighted by Crippen LogP contribution is -2.62. The maximum Gasteiger partial charge on any atom is 0.251 e. The fourth-order valence-electron chi connectivity index (χ4n) is 5.42. The number of hydrogen-bond acceptors (Lipinski definition) is 5. The molecule has 3 N–H and O–H groups in total. The Hall–Kier alpha value is -3.32. The van der Waals surface area contributed by atoms with E-state index >= 15 is 0 Å². The SMILES string of the molecule is C=C1NC(CC)(CC)CC(=O)N1[C@H](C)c1cccc(C(=O)N[C@@H]2c3ccccc3OC(C)(C)[C@@]2(C)O)c1. The van der Waals surface area contributed by atoms with E-state index in [0.29, 0.717) is 23.6 Å². The molecule has 0 aromatic heterocycles. The van der Waals surface area contributed by atoms with Crippen LogP contribution in [0.15, 0.2) is 60.9 Å². The first kappa shape index (κ1) is 26.7. The fraction of sp³-hybridized carbons (Fsp3) is 0.467. The zero-order valence-electron chi connectivity index (χ0n) is 22.7. The molecule has 2 amide bonds. The predicted octanol–water partition coefficient (Wildman–Crippen LogP) is 4.99. The van der Waals surface area contributed by atoms with Crippen molar-refractivity contribution >= 4 is 11.8 Å². The summed E-state index contributed by atoms with van der Waals surface area (Å²) in [4.78, 5) is 28.4. The van der Waals surface area contributed by atoms with E-state index in [0.717, 1.165) is 24.0 Å². The molecule has 0 aliphatic carbocycles. The predicted molar refractivity (Wildman–Crippen MR) is 144 cm³/mol. The third-order valence-electron chi connectivity index (χ3n) is 8.48. The summed E-state index contributed by atoms with van der Waals surface area (Å²) < 4.78 is 6.07. The van der Waals surface area contributed by atoms with Gasteiger partial charge in [-0.05, 0) is 64.3 Å². The average molecular weight is 506 g/mol. The van der Waals surface area contributed by atoms with Crippen LogP contribution in [0.2, 0.25) is 0 Å². The molecule has 2 heterocycles. The molecule has 2 aromatic rings. The summed E-state index contributed by atoms with van der Waals surface area (Å²) in [5, 5.41) is 18.0. The smallest absolute Gasteiger partial charge is 0.251 e. The number of carbonyl (C=O) groups is 2. The van der Waals surface area contributed by atoms with Crippen molar-refractivity contribution in [1.29, 1.82) is 0 Å². The van der Waals surface area contributed by atoms with E-state index in [1.54, 1.807) is 24.0 Å². The summed E-state index contributed by atoms with van der Waals surface area (Å²) in [7, 11) is 0. The van der Waals surface area contributed by atoms with Crippen LogP contribution in [-0.4, -0.2) is 38.6 Å². The number of rotatable bonds is 6. The second-order valence-electron chi connectivity index (χ2n) is 11.0. The van der Waals surface area contributed by atoms with Crippen molar-refractivity contribution in [3.05, 3.63) is 77.6 Å². The minimum absolute atomic E-state index is 0.0203. The topological polar surface area (TPSA) is 90.9 Å². The molecular formula is C30H39N3O4. The van der Waals surface area contributed by atoms with Crippen molar-refractivity contribution in [3.63, 3.8) is 0 Å². The molecule has 2 aromatic carbocycles. The van der Waals surface area contributed by atoms with Gasteiger partial charge in [0.25, 0.3) is 5.91 Å². The maximum absolute atomic E-state index is 13.5.